The molecule has 0 aromatic heterocycles. The van der Waals surface area contributed by atoms with Crippen LogP contribution in [0.15, 0.2) is 0 Å². The van der Waals surface area contributed by atoms with Crippen LogP contribution < -0.4 is 0 Å². The number of nitriles is 4. The van der Waals surface area contributed by atoms with Crippen molar-refractivity contribution in [3.63, 3.8) is 0 Å². The van der Waals surface area contributed by atoms with Crippen molar-refractivity contribution in [1.82, 2.24) is 0 Å². The first-order valence-corrected chi connectivity index (χ1v) is 8.35. The minimum atomic E-state index is -6.72. The fraction of sp³-hybridized carbons (Fsp3) is 0.600. The standard InChI is InChI=1S/C2F6NO4S2.4C2H3N.Ag/c3-1(4,5)14(10,11)9-15(12,13)2(6,7)8;4*1-2-3;/h;4*1H3;/q-1;;;;;+1. The van der Waals surface area contributed by atoms with E-state index in [0.29, 0.717) is 0 Å². The summed E-state index contributed by atoms with van der Waals surface area (Å²) in [7, 11) is -13.4. The van der Waals surface area contributed by atoms with Gasteiger partial charge in [-0.3, -0.25) is 0 Å². The van der Waals surface area contributed by atoms with E-state index in [9.17, 15) is 43.2 Å². The molecule has 0 amide bonds. The van der Waals surface area contributed by atoms with E-state index in [1.807, 2.05) is 0 Å². The zero-order valence-electron chi connectivity index (χ0n) is 14.3. The van der Waals surface area contributed by atoms with Crippen molar-refractivity contribution in [1.29, 1.82) is 21.0 Å². The quantitative estimate of drug-likeness (QED) is 0.370. The van der Waals surface area contributed by atoms with Crippen LogP contribution in [-0.4, -0.2) is 27.9 Å². The molecule has 0 heterocycles. The largest absolute Gasteiger partial charge is 1.00 e. The molecule has 0 saturated carbocycles. The molecule has 0 spiro atoms. The molecule has 0 saturated heterocycles. The zero-order chi connectivity index (χ0) is 23.5. The second-order valence-electron chi connectivity index (χ2n) is 2.81. The third kappa shape index (κ3) is 26.4. The Morgan fingerprint density at radius 1 is 0.607 bits per heavy atom. The number of hydrogen-bond acceptors (Lipinski definition) is 8. The summed E-state index contributed by atoms with van der Waals surface area (Å²) >= 11 is 0. The number of rotatable bonds is 2. The van der Waals surface area contributed by atoms with Gasteiger partial charge in [-0.05, 0) is 0 Å². The second kappa shape index (κ2) is 19.9. The maximum absolute atomic E-state index is 11.4. The van der Waals surface area contributed by atoms with Gasteiger partial charge in [-0.2, -0.15) is 47.4 Å². The van der Waals surface area contributed by atoms with Crippen LogP contribution in [0.3, 0.4) is 0 Å². The third-order valence-corrected chi connectivity index (χ3v) is 3.52. The molecule has 0 aliphatic heterocycles. The Bertz CT molecular complexity index is 678. The minimum absolute atomic E-state index is 0. The SMILES string of the molecule is CC#N.CC#N.CC#N.CC#N.O=S(=O)([N-]S(=O)(=O)C(F)(F)F)C(F)(F)F.[Ag+]. The van der Waals surface area contributed by atoms with Crippen LogP contribution in [0.5, 0.6) is 0 Å². The molecule has 28 heavy (non-hydrogen) atoms. The Morgan fingerprint density at radius 3 is 0.786 bits per heavy atom. The van der Waals surface area contributed by atoms with Crippen LogP contribution in [0, 0.1) is 45.3 Å². The molecular weight excluding hydrogens is 540 g/mol. The van der Waals surface area contributed by atoms with Gasteiger partial charge in [0.25, 0.3) is 0 Å². The summed E-state index contributed by atoms with van der Waals surface area (Å²) in [6.07, 6.45) is 0. The van der Waals surface area contributed by atoms with Crippen molar-refractivity contribution in [3.05, 3.63) is 4.13 Å². The van der Waals surface area contributed by atoms with Crippen LogP contribution in [0.4, 0.5) is 26.3 Å². The van der Waals surface area contributed by atoms with Crippen molar-refractivity contribution in [2.24, 2.45) is 0 Å². The van der Waals surface area contributed by atoms with Gasteiger partial charge in [0.2, 0.25) is 0 Å². The molecule has 0 aromatic carbocycles. The first-order chi connectivity index (χ1) is 11.9. The van der Waals surface area contributed by atoms with Crippen molar-refractivity contribution in [2.45, 2.75) is 38.7 Å². The molecule has 0 aliphatic rings. The topological polar surface area (TPSA) is 178 Å². The van der Waals surface area contributed by atoms with Crippen LogP contribution in [0.25, 0.3) is 4.13 Å². The van der Waals surface area contributed by atoms with Gasteiger partial charge in [-0.25, -0.2) is 16.8 Å². The van der Waals surface area contributed by atoms with E-state index in [4.69, 9.17) is 21.0 Å². The van der Waals surface area contributed by atoms with E-state index in [1.54, 1.807) is 24.3 Å². The molecule has 0 aromatic rings. The number of nitrogens with zero attached hydrogens (tertiary/aromatic N) is 5. The van der Waals surface area contributed by atoms with E-state index in [2.05, 4.69) is 0 Å². The molecule has 0 atom stereocenters. The van der Waals surface area contributed by atoms with Gasteiger partial charge in [-0.15, -0.1) is 0 Å². The van der Waals surface area contributed by atoms with E-state index < -0.39 is 31.1 Å². The summed E-state index contributed by atoms with van der Waals surface area (Å²) in [5, 5.41) is 29.3. The molecule has 18 heteroatoms. The Kier molecular flexibility index (Phi) is 28.9. The molecule has 0 rings (SSSR count). The van der Waals surface area contributed by atoms with Gasteiger partial charge in [0.05, 0.1) is 24.3 Å². The van der Waals surface area contributed by atoms with Gasteiger partial charge in [0.1, 0.15) is 0 Å². The van der Waals surface area contributed by atoms with Gasteiger partial charge >= 0.3 is 33.4 Å². The normalized spacial score (nSPS) is 9.36. The van der Waals surface area contributed by atoms with Crippen LogP contribution in [0.2, 0.25) is 0 Å². The summed E-state index contributed by atoms with van der Waals surface area (Å²) in [5.74, 6) is 0. The second-order valence-corrected chi connectivity index (χ2v) is 6.23. The summed E-state index contributed by atoms with van der Waals surface area (Å²) in [6.45, 7) is 5.72. The average Bonchev–Trinajstić information content (AvgIpc) is 2.38. The fourth-order valence-corrected chi connectivity index (χ4v) is 1.92. The van der Waals surface area contributed by atoms with E-state index >= 15 is 0 Å². The maximum Gasteiger partial charge on any atom is 1.00 e. The Labute approximate surface area is 173 Å². The van der Waals surface area contributed by atoms with Crippen molar-refractivity contribution in [3.8, 4) is 24.3 Å². The predicted octanol–water partition coefficient (Wildman–Crippen LogP) is 3.18. The molecule has 0 N–H and O–H groups in total. The number of hydrogen-bond donors (Lipinski definition) is 0. The Balaban J connectivity index is -0.0000000768. The third-order valence-electron chi connectivity index (χ3n) is 0.781. The molecule has 0 unspecified atom stereocenters. The monoisotopic (exact) mass is 551 g/mol. The van der Waals surface area contributed by atoms with Crippen LogP contribution in [-0.2, 0) is 42.4 Å². The molecule has 9 nitrogen and oxygen atoms in total. The summed E-state index contributed by atoms with van der Waals surface area (Å²) < 4.78 is 109. The predicted molar refractivity (Wildman–Crippen MR) is 78.5 cm³/mol. The first kappa shape index (κ1) is 40.7. The Morgan fingerprint density at radius 2 is 0.714 bits per heavy atom. The van der Waals surface area contributed by atoms with E-state index in [1.165, 1.54) is 27.7 Å². The van der Waals surface area contributed by atoms with Crippen molar-refractivity contribution >= 4 is 20.0 Å². The van der Waals surface area contributed by atoms with Crippen LogP contribution >= 0.6 is 0 Å². The van der Waals surface area contributed by atoms with E-state index in [-0.39, 0.29) is 22.4 Å². The molecule has 0 aliphatic carbocycles. The number of halogens is 6. The number of alkyl halides is 6. The average molecular weight is 552 g/mol. The maximum atomic E-state index is 11.4. The van der Waals surface area contributed by atoms with Gasteiger partial charge < -0.3 is 4.13 Å². The summed E-state index contributed by atoms with van der Waals surface area (Å²) in [5.41, 5.74) is -12.4. The minimum Gasteiger partial charge on any atom is -0.421 e. The molecule has 0 radical (unpaired) electrons. The first-order valence-electron chi connectivity index (χ1n) is 5.47. The van der Waals surface area contributed by atoms with Gasteiger partial charge in [0.15, 0.2) is 20.0 Å². The molecule has 166 valence electrons. The van der Waals surface area contributed by atoms with E-state index in [0.717, 1.165) is 4.13 Å². The molecule has 0 bridgehead atoms. The smallest absolute Gasteiger partial charge is 0.421 e. The molecular formula is C10H12AgF6N5O4S2. The van der Waals surface area contributed by atoms with Gasteiger partial charge in [-0.1, -0.05) is 0 Å². The zero-order valence-corrected chi connectivity index (χ0v) is 17.4. The fourth-order valence-electron chi connectivity index (χ4n) is 0.214. The van der Waals surface area contributed by atoms with Gasteiger partial charge in [0, 0.05) is 27.7 Å². The molecule has 0 fully saturated rings. The number of sulfonamides is 2. The summed E-state index contributed by atoms with van der Waals surface area (Å²) in [4.78, 5) is 0. The summed E-state index contributed by atoms with van der Waals surface area (Å²) in [6, 6.07) is 7.00. The van der Waals surface area contributed by atoms with Crippen molar-refractivity contribution < 1.29 is 65.6 Å². The Hall–Kier alpha value is -1.86. The van der Waals surface area contributed by atoms with Crippen LogP contribution in [0.1, 0.15) is 27.7 Å². The van der Waals surface area contributed by atoms with Crippen molar-refractivity contribution in [2.75, 3.05) is 0 Å².